The molecule has 1 aromatic heterocycles. The summed E-state index contributed by atoms with van der Waals surface area (Å²) in [6.07, 6.45) is 0.944. The summed E-state index contributed by atoms with van der Waals surface area (Å²) in [5, 5.41) is 4.75. The third kappa shape index (κ3) is 3.94. The van der Waals surface area contributed by atoms with Crippen molar-refractivity contribution in [3.05, 3.63) is 52.2 Å². The van der Waals surface area contributed by atoms with E-state index >= 15 is 0 Å². The van der Waals surface area contributed by atoms with Gasteiger partial charge in [0.25, 0.3) is 5.91 Å². The van der Waals surface area contributed by atoms with Crippen LogP contribution >= 0.6 is 11.3 Å². The molecule has 0 radical (unpaired) electrons. The maximum absolute atomic E-state index is 12.7. The molecule has 1 aliphatic heterocycles. The third-order valence-electron chi connectivity index (χ3n) is 5.35. The van der Waals surface area contributed by atoms with Gasteiger partial charge in [0.15, 0.2) is 0 Å². The molecule has 28 heavy (non-hydrogen) atoms. The number of piperazine rings is 1. The second-order valence-electron chi connectivity index (χ2n) is 7.34. The fourth-order valence-electron chi connectivity index (χ4n) is 3.73. The van der Waals surface area contributed by atoms with Crippen LogP contribution in [0, 0.1) is 5.92 Å². The summed E-state index contributed by atoms with van der Waals surface area (Å²) in [6.45, 7) is 3.72. The highest BCUT2D eigenvalue weighted by atomic mass is 32.1. The first-order valence-corrected chi connectivity index (χ1v) is 10.4. The minimum Gasteiger partial charge on any atom is -0.339 e. The molecule has 0 unspecified atom stereocenters. The van der Waals surface area contributed by atoms with Crippen molar-refractivity contribution in [3.63, 3.8) is 0 Å². The number of anilines is 1. The Hall–Kier alpha value is -2.67. The first-order chi connectivity index (χ1) is 13.5. The van der Waals surface area contributed by atoms with Crippen LogP contribution in [0.1, 0.15) is 34.5 Å². The Morgan fingerprint density at radius 3 is 2.29 bits per heavy atom. The molecule has 1 aromatic carbocycles. The minimum atomic E-state index is -0.142. The van der Waals surface area contributed by atoms with Gasteiger partial charge in [-0.05, 0) is 42.1 Å². The van der Waals surface area contributed by atoms with Crippen molar-refractivity contribution in [1.82, 2.24) is 9.80 Å². The van der Waals surface area contributed by atoms with E-state index in [2.05, 4.69) is 16.8 Å². The summed E-state index contributed by atoms with van der Waals surface area (Å²) >= 11 is 1.72. The summed E-state index contributed by atoms with van der Waals surface area (Å²) in [5.41, 5.74) is 1.26. The minimum absolute atomic E-state index is 0.0376. The average molecular weight is 398 g/mol. The van der Waals surface area contributed by atoms with Crippen LogP contribution < -0.4 is 5.32 Å². The molecule has 7 heteroatoms. The van der Waals surface area contributed by atoms with E-state index in [0.29, 0.717) is 43.3 Å². The molecule has 146 valence electrons. The van der Waals surface area contributed by atoms with Gasteiger partial charge in [0, 0.05) is 61.1 Å². The highest BCUT2D eigenvalue weighted by Gasteiger charge is 2.46. The maximum atomic E-state index is 12.7. The Labute approximate surface area is 168 Å². The molecular weight excluding hydrogens is 374 g/mol. The third-order valence-corrected chi connectivity index (χ3v) is 6.35. The molecule has 1 aliphatic carbocycles. The molecule has 1 saturated carbocycles. The number of thiophene rings is 1. The van der Waals surface area contributed by atoms with Crippen molar-refractivity contribution in [2.75, 3.05) is 31.5 Å². The molecule has 2 atom stereocenters. The van der Waals surface area contributed by atoms with Gasteiger partial charge in [-0.25, -0.2) is 0 Å². The molecule has 1 saturated heterocycles. The predicted molar refractivity (Wildman–Crippen MR) is 108 cm³/mol. The molecule has 2 aliphatic rings. The van der Waals surface area contributed by atoms with E-state index in [0.717, 1.165) is 6.42 Å². The van der Waals surface area contributed by atoms with Crippen molar-refractivity contribution < 1.29 is 14.4 Å². The topological polar surface area (TPSA) is 69.7 Å². The van der Waals surface area contributed by atoms with Gasteiger partial charge in [-0.2, -0.15) is 0 Å². The number of rotatable bonds is 4. The van der Waals surface area contributed by atoms with Gasteiger partial charge in [-0.1, -0.05) is 6.07 Å². The lowest BCUT2D eigenvalue weighted by Gasteiger charge is -2.35. The van der Waals surface area contributed by atoms with Crippen LogP contribution in [0.3, 0.4) is 0 Å². The Kier molecular flexibility index (Phi) is 5.17. The fraction of sp³-hybridized carbons (Fsp3) is 0.381. The Balaban J connectivity index is 1.29. The summed E-state index contributed by atoms with van der Waals surface area (Å²) in [4.78, 5) is 41.5. The largest absolute Gasteiger partial charge is 0.339 e. The number of nitrogens with one attached hydrogen (secondary N) is 1. The highest BCUT2D eigenvalue weighted by Crippen LogP contribution is 2.50. The maximum Gasteiger partial charge on any atom is 0.253 e. The molecule has 2 aromatic rings. The molecule has 2 fully saturated rings. The van der Waals surface area contributed by atoms with Crippen LogP contribution in [0.15, 0.2) is 41.8 Å². The Morgan fingerprint density at radius 1 is 1.00 bits per heavy atom. The number of benzene rings is 1. The van der Waals surface area contributed by atoms with E-state index in [1.54, 1.807) is 40.5 Å². The van der Waals surface area contributed by atoms with Crippen molar-refractivity contribution in [1.29, 1.82) is 0 Å². The quantitative estimate of drug-likeness (QED) is 0.863. The lowest BCUT2D eigenvalue weighted by atomic mass is 10.1. The summed E-state index contributed by atoms with van der Waals surface area (Å²) in [7, 11) is 0. The summed E-state index contributed by atoms with van der Waals surface area (Å²) in [6, 6.07) is 11.0. The van der Waals surface area contributed by atoms with Crippen LogP contribution in [-0.4, -0.2) is 53.7 Å². The number of hydrogen-bond acceptors (Lipinski definition) is 4. The van der Waals surface area contributed by atoms with Gasteiger partial charge in [0.1, 0.15) is 0 Å². The number of amides is 3. The van der Waals surface area contributed by atoms with Crippen LogP contribution in [0.2, 0.25) is 0 Å². The molecule has 0 bridgehead atoms. The van der Waals surface area contributed by atoms with Crippen molar-refractivity contribution in [2.45, 2.75) is 19.3 Å². The molecule has 4 rings (SSSR count). The number of carbonyl (C=O) groups excluding carboxylic acids is 3. The lowest BCUT2D eigenvalue weighted by molar-refractivity contribution is -0.134. The molecule has 2 heterocycles. The first kappa shape index (κ1) is 18.7. The molecular formula is C21H23N3O3S. The van der Waals surface area contributed by atoms with Crippen LogP contribution in [-0.2, 0) is 9.59 Å². The molecule has 3 amide bonds. The van der Waals surface area contributed by atoms with Gasteiger partial charge < -0.3 is 15.1 Å². The average Bonchev–Trinajstić information content (AvgIpc) is 3.31. The number of nitrogens with zero attached hydrogens (tertiary/aromatic N) is 2. The normalized spacial score (nSPS) is 21.3. The lowest BCUT2D eigenvalue weighted by Crippen LogP contribution is -2.51. The van der Waals surface area contributed by atoms with Crippen molar-refractivity contribution >= 4 is 34.7 Å². The standard InChI is InChI=1S/C21H23N3O3S/c1-14(25)22-16-6-4-15(5-7-16)20(26)23-8-10-24(11-9-23)21(27)18-13-17(18)19-3-2-12-28-19/h2-7,12,17-18H,8-11,13H2,1H3,(H,22,25)/t17-,18+/m0/s1. The number of hydrogen-bond donors (Lipinski definition) is 1. The van der Waals surface area contributed by atoms with E-state index in [4.69, 9.17) is 0 Å². The molecule has 0 spiro atoms. The Bertz CT molecular complexity index is 871. The van der Waals surface area contributed by atoms with Gasteiger partial charge in [-0.15, -0.1) is 11.3 Å². The van der Waals surface area contributed by atoms with Gasteiger partial charge in [0.2, 0.25) is 11.8 Å². The Morgan fingerprint density at radius 2 is 1.68 bits per heavy atom. The van der Waals surface area contributed by atoms with E-state index in [1.165, 1.54) is 11.8 Å². The zero-order chi connectivity index (χ0) is 19.7. The first-order valence-electron chi connectivity index (χ1n) is 9.52. The van der Waals surface area contributed by atoms with Gasteiger partial charge >= 0.3 is 0 Å². The monoisotopic (exact) mass is 397 g/mol. The number of carbonyl (C=O) groups is 3. The van der Waals surface area contributed by atoms with Crippen molar-refractivity contribution in [3.8, 4) is 0 Å². The van der Waals surface area contributed by atoms with Crippen LogP contribution in [0.25, 0.3) is 0 Å². The zero-order valence-corrected chi connectivity index (χ0v) is 16.6. The van der Waals surface area contributed by atoms with E-state index in [1.807, 2.05) is 11.0 Å². The molecule has 1 N–H and O–H groups in total. The van der Waals surface area contributed by atoms with E-state index in [9.17, 15) is 14.4 Å². The molecule has 6 nitrogen and oxygen atoms in total. The van der Waals surface area contributed by atoms with Crippen LogP contribution in [0.5, 0.6) is 0 Å². The van der Waals surface area contributed by atoms with Crippen molar-refractivity contribution in [2.24, 2.45) is 5.92 Å². The summed E-state index contributed by atoms with van der Waals surface area (Å²) in [5.74, 6) is 0.544. The van der Waals surface area contributed by atoms with E-state index < -0.39 is 0 Å². The highest BCUT2D eigenvalue weighted by molar-refractivity contribution is 7.10. The SMILES string of the molecule is CC(=O)Nc1ccc(C(=O)N2CCN(C(=O)[C@@H]3C[C@@H]3c3cccs3)CC2)cc1. The second kappa shape index (κ2) is 7.75. The van der Waals surface area contributed by atoms with E-state index in [-0.39, 0.29) is 23.6 Å². The van der Waals surface area contributed by atoms with Gasteiger partial charge in [0.05, 0.1) is 0 Å². The van der Waals surface area contributed by atoms with Gasteiger partial charge in [-0.3, -0.25) is 14.4 Å². The summed E-state index contributed by atoms with van der Waals surface area (Å²) < 4.78 is 0. The van der Waals surface area contributed by atoms with Crippen LogP contribution in [0.4, 0.5) is 5.69 Å². The predicted octanol–water partition coefficient (Wildman–Crippen LogP) is 2.79. The smallest absolute Gasteiger partial charge is 0.253 e. The second-order valence-corrected chi connectivity index (χ2v) is 8.32. The zero-order valence-electron chi connectivity index (χ0n) is 15.8. The fourth-order valence-corrected chi connectivity index (χ4v) is 4.64.